The van der Waals surface area contributed by atoms with E-state index in [1.807, 2.05) is 30.3 Å². The van der Waals surface area contributed by atoms with Crippen molar-refractivity contribution in [3.8, 4) is 17.2 Å². The predicted molar refractivity (Wildman–Crippen MR) is 95.1 cm³/mol. The molecule has 0 aliphatic heterocycles. The molecule has 0 bridgehead atoms. The zero-order valence-corrected chi connectivity index (χ0v) is 14.6. The fourth-order valence-electron chi connectivity index (χ4n) is 1.98. The Hall–Kier alpha value is -2.77. The second-order valence-electron chi connectivity index (χ2n) is 5.46. The molecule has 0 spiro atoms. The van der Waals surface area contributed by atoms with Crippen molar-refractivity contribution in [2.45, 2.75) is 13.0 Å². The second kappa shape index (κ2) is 11.0. The van der Waals surface area contributed by atoms with Crippen molar-refractivity contribution in [2.24, 2.45) is 0 Å². The Balaban J connectivity index is 1.55. The van der Waals surface area contributed by atoms with Crippen LogP contribution in [0.1, 0.15) is 6.92 Å². The van der Waals surface area contributed by atoms with Crippen LogP contribution in [0.2, 0.25) is 0 Å². The van der Waals surface area contributed by atoms with Crippen molar-refractivity contribution < 1.29 is 29.1 Å². The number of aliphatic hydroxyl groups excluding tert-OH is 1. The summed E-state index contributed by atoms with van der Waals surface area (Å²) in [5.74, 6) is 1.28. The van der Waals surface area contributed by atoms with E-state index in [9.17, 15) is 9.90 Å². The maximum absolute atomic E-state index is 10.6. The van der Waals surface area contributed by atoms with Gasteiger partial charge in [0.2, 0.25) is 0 Å². The largest absolute Gasteiger partial charge is 0.492 e. The molecule has 7 heteroatoms. The molecule has 0 unspecified atom stereocenters. The van der Waals surface area contributed by atoms with Crippen LogP contribution < -0.4 is 19.7 Å². The summed E-state index contributed by atoms with van der Waals surface area (Å²) in [6.45, 7) is 2.91. The van der Waals surface area contributed by atoms with Gasteiger partial charge in [-0.2, -0.15) is 0 Å². The van der Waals surface area contributed by atoms with Gasteiger partial charge in [-0.05, 0) is 36.4 Å². The van der Waals surface area contributed by atoms with Crippen LogP contribution in [-0.4, -0.2) is 43.5 Å². The Labute approximate surface area is 152 Å². The molecule has 2 aromatic carbocycles. The van der Waals surface area contributed by atoms with Gasteiger partial charge in [0.15, 0.2) is 5.75 Å². The van der Waals surface area contributed by atoms with E-state index >= 15 is 0 Å². The van der Waals surface area contributed by atoms with E-state index in [0.717, 1.165) is 5.75 Å². The topological polar surface area (TPSA) is 86.3 Å². The fourth-order valence-corrected chi connectivity index (χ4v) is 1.98. The number of carbonyl (C=O) groups excluding carboxylic acids is 1. The van der Waals surface area contributed by atoms with Gasteiger partial charge in [0.1, 0.15) is 30.8 Å². The molecule has 7 nitrogen and oxygen atoms in total. The average molecular weight is 361 g/mol. The van der Waals surface area contributed by atoms with Crippen molar-refractivity contribution >= 4 is 5.97 Å². The van der Waals surface area contributed by atoms with E-state index in [2.05, 4.69) is 10.2 Å². The first-order valence-electron chi connectivity index (χ1n) is 8.28. The Bertz CT molecular complexity index is 647. The third-order valence-corrected chi connectivity index (χ3v) is 3.19. The van der Waals surface area contributed by atoms with Gasteiger partial charge < -0.3 is 19.9 Å². The number of nitrogens with one attached hydrogen (secondary N) is 1. The summed E-state index contributed by atoms with van der Waals surface area (Å²) >= 11 is 0. The molecular weight excluding hydrogens is 338 g/mol. The number of hydrogen-bond donors (Lipinski definition) is 2. The van der Waals surface area contributed by atoms with Crippen molar-refractivity contribution in [3.05, 3.63) is 54.6 Å². The number of carbonyl (C=O) groups is 1. The van der Waals surface area contributed by atoms with Gasteiger partial charge in [-0.1, -0.05) is 18.2 Å². The standard InChI is InChI=1S/C19H23NO6/c1-15(21)25-26-19-9-7-18(8-10-19)23-12-11-20-13-16(22)14-24-17-5-3-2-4-6-17/h2-10,16,20,22H,11-14H2,1H3/t16-/m1/s1. The Morgan fingerprint density at radius 2 is 1.65 bits per heavy atom. The number of aliphatic hydroxyl groups is 1. The Kier molecular flexibility index (Phi) is 8.25. The first kappa shape index (κ1) is 19.6. The van der Waals surface area contributed by atoms with E-state index in [-0.39, 0.29) is 6.61 Å². The molecular formula is C19H23NO6. The van der Waals surface area contributed by atoms with Gasteiger partial charge in [0.05, 0.1) is 0 Å². The van der Waals surface area contributed by atoms with Gasteiger partial charge in [0.25, 0.3) is 0 Å². The number of ether oxygens (including phenoxy) is 2. The first-order valence-corrected chi connectivity index (χ1v) is 8.28. The van der Waals surface area contributed by atoms with Crippen LogP contribution in [0.15, 0.2) is 54.6 Å². The van der Waals surface area contributed by atoms with Crippen molar-refractivity contribution in [1.29, 1.82) is 0 Å². The number of benzene rings is 2. The van der Waals surface area contributed by atoms with Crippen LogP contribution in [0.25, 0.3) is 0 Å². The third kappa shape index (κ3) is 7.87. The molecule has 0 aromatic heterocycles. The lowest BCUT2D eigenvalue weighted by Gasteiger charge is -2.13. The fraction of sp³-hybridized carbons (Fsp3) is 0.316. The average Bonchev–Trinajstić information content (AvgIpc) is 2.66. The van der Waals surface area contributed by atoms with E-state index in [1.165, 1.54) is 6.92 Å². The highest BCUT2D eigenvalue weighted by atomic mass is 17.2. The number of rotatable bonds is 11. The highest BCUT2D eigenvalue weighted by Crippen LogP contribution is 2.17. The highest BCUT2D eigenvalue weighted by molar-refractivity contribution is 5.65. The summed E-state index contributed by atoms with van der Waals surface area (Å²) in [6.07, 6.45) is -0.604. The van der Waals surface area contributed by atoms with Crippen LogP contribution in [0.5, 0.6) is 17.2 Å². The zero-order chi connectivity index (χ0) is 18.6. The molecule has 0 saturated heterocycles. The molecule has 140 valence electrons. The van der Waals surface area contributed by atoms with E-state index in [0.29, 0.717) is 31.2 Å². The minimum absolute atomic E-state index is 0.224. The Morgan fingerprint density at radius 3 is 2.35 bits per heavy atom. The van der Waals surface area contributed by atoms with E-state index < -0.39 is 12.1 Å². The quantitative estimate of drug-likeness (QED) is 0.359. The van der Waals surface area contributed by atoms with Gasteiger partial charge >= 0.3 is 5.97 Å². The van der Waals surface area contributed by atoms with Crippen LogP contribution in [0, 0.1) is 0 Å². The maximum Gasteiger partial charge on any atom is 0.352 e. The van der Waals surface area contributed by atoms with Gasteiger partial charge in [-0.3, -0.25) is 9.78 Å². The molecule has 0 fully saturated rings. The number of hydrogen-bond acceptors (Lipinski definition) is 7. The second-order valence-corrected chi connectivity index (χ2v) is 5.46. The molecule has 0 radical (unpaired) electrons. The highest BCUT2D eigenvalue weighted by Gasteiger charge is 2.05. The van der Waals surface area contributed by atoms with Crippen molar-refractivity contribution in [3.63, 3.8) is 0 Å². The first-order chi connectivity index (χ1) is 12.6. The molecule has 0 aliphatic carbocycles. The molecule has 26 heavy (non-hydrogen) atoms. The SMILES string of the molecule is CC(=O)OOc1ccc(OCCNC[C@@H](O)COc2ccccc2)cc1. The monoisotopic (exact) mass is 361 g/mol. The normalized spacial score (nSPS) is 11.5. The molecule has 2 aromatic rings. The van der Waals surface area contributed by atoms with Gasteiger partial charge in [-0.25, -0.2) is 4.79 Å². The molecule has 2 rings (SSSR count). The summed E-state index contributed by atoms with van der Waals surface area (Å²) in [5.41, 5.74) is 0. The predicted octanol–water partition coefficient (Wildman–Crippen LogP) is 1.95. The number of para-hydroxylation sites is 1. The lowest BCUT2D eigenvalue weighted by molar-refractivity contribution is -0.210. The summed E-state index contributed by atoms with van der Waals surface area (Å²) < 4.78 is 11.0. The molecule has 2 N–H and O–H groups in total. The maximum atomic E-state index is 10.6. The summed E-state index contributed by atoms with van der Waals surface area (Å²) in [7, 11) is 0. The third-order valence-electron chi connectivity index (χ3n) is 3.19. The van der Waals surface area contributed by atoms with Gasteiger partial charge in [0, 0.05) is 20.0 Å². The van der Waals surface area contributed by atoms with Gasteiger partial charge in [-0.15, -0.1) is 0 Å². The van der Waals surface area contributed by atoms with Crippen molar-refractivity contribution in [2.75, 3.05) is 26.3 Å². The summed E-state index contributed by atoms with van der Waals surface area (Å²) in [5, 5.41) is 13.0. The van der Waals surface area contributed by atoms with E-state index in [4.69, 9.17) is 14.4 Å². The molecule has 0 saturated carbocycles. The van der Waals surface area contributed by atoms with Crippen LogP contribution in [0.4, 0.5) is 0 Å². The summed E-state index contributed by atoms with van der Waals surface area (Å²) in [6, 6.07) is 16.0. The molecule has 1 atom stereocenters. The lowest BCUT2D eigenvalue weighted by atomic mass is 10.3. The minimum atomic E-state index is -0.604. The molecule has 0 heterocycles. The smallest absolute Gasteiger partial charge is 0.352 e. The van der Waals surface area contributed by atoms with Crippen LogP contribution >= 0.6 is 0 Å². The van der Waals surface area contributed by atoms with Crippen LogP contribution in [-0.2, 0) is 9.68 Å². The lowest BCUT2D eigenvalue weighted by Crippen LogP contribution is -2.33. The minimum Gasteiger partial charge on any atom is -0.492 e. The van der Waals surface area contributed by atoms with Crippen molar-refractivity contribution in [1.82, 2.24) is 5.32 Å². The zero-order valence-electron chi connectivity index (χ0n) is 14.6. The Morgan fingerprint density at radius 1 is 1.00 bits per heavy atom. The summed E-state index contributed by atoms with van der Waals surface area (Å²) in [4.78, 5) is 19.9. The molecule has 0 amide bonds. The van der Waals surface area contributed by atoms with Crippen LogP contribution in [0.3, 0.4) is 0 Å². The molecule has 0 aliphatic rings. The van der Waals surface area contributed by atoms with E-state index in [1.54, 1.807) is 24.3 Å².